The average molecular weight is 184 g/mol. The van der Waals surface area contributed by atoms with E-state index in [0.29, 0.717) is 12.6 Å². The van der Waals surface area contributed by atoms with Crippen molar-refractivity contribution in [3.05, 3.63) is 12.2 Å². The van der Waals surface area contributed by atoms with Gasteiger partial charge in [0.15, 0.2) is 5.82 Å². The molecule has 0 aliphatic carbocycles. The Hall–Kier alpha value is -0.940. The van der Waals surface area contributed by atoms with Crippen LogP contribution < -0.4 is 5.73 Å². The third kappa shape index (κ3) is 2.26. The highest BCUT2D eigenvalue weighted by Gasteiger charge is 2.14. The topological polar surface area (TPSA) is 66.0 Å². The van der Waals surface area contributed by atoms with Gasteiger partial charge in [-0.2, -0.15) is 0 Å². The molecule has 0 bridgehead atoms. The first kappa shape index (κ1) is 10.1. The van der Waals surface area contributed by atoms with Gasteiger partial charge in [0, 0.05) is 13.2 Å². The van der Waals surface area contributed by atoms with E-state index in [9.17, 15) is 0 Å². The summed E-state index contributed by atoms with van der Waals surface area (Å²) >= 11 is 0. The first-order valence-electron chi connectivity index (χ1n) is 4.30. The van der Waals surface area contributed by atoms with Gasteiger partial charge in [-0.25, -0.2) is 0 Å². The minimum absolute atomic E-state index is 0.199. The minimum Gasteiger partial charge on any atom is -0.383 e. The number of methoxy groups -OCH3 is 1. The summed E-state index contributed by atoms with van der Waals surface area (Å²) in [5.41, 5.74) is 5.84. The molecule has 1 unspecified atom stereocenters. The minimum atomic E-state index is -0.199. The predicted octanol–water partition coefficient (Wildman–Crippen LogP) is 0.505. The van der Waals surface area contributed by atoms with E-state index in [0.717, 1.165) is 5.82 Å². The lowest BCUT2D eigenvalue weighted by molar-refractivity contribution is 0.176. The molecular weight excluding hydrogens is 168 g/mol. The molecule has 5 heteroatoms. The molecule has 13 heavy (non-hydrogen) atoms. The Morgan fingerprint density at radius 3 is 2.85 bits per heavy atom. The van der Waals surface area contributed by atoms with E-state index in [2.05, 4.69) is 24.0 Å². The molecule has 0 amide bonds. The quantitative estimate of drug-likeness (QED) is 0.740. The average Bonchev–Trinajstić information content (AvgIpc) is 2.52. The van der Waals surface area contributed by atoms with E-state index in [1.54, 1.807) is 13.4 Å². The molecular formula is C8H16N4O. The fraction of sp³-hybridized carbons (Fsp3) is 0.750. The van der Waals surface area contributed by atoms with E-state index >= 15 is 0 Å². The van der Waals surface area contributed by atoms with Gasteiger partial charge >= 0.3 is 0 Å². The van der Waals surface area contributed by atoms with Crippen molar-refractivity contribution < 1.29 is 4.74 Å². The second-order valence-corrected chi connectivity index (χ2v) is 3.25. The molecule has 0 fully saturated rings. The predicted molar refractivity (Wildman–Crippen MR) is 49.2 cm³/mol. The molecule has 1 aromatic rings. The highest BCUT2D eigenvalue weighted by molar-refractivity contribution is 4.95. The summed E-state index contributed by atoms with van der Waals surface area (Å²) in [7, 11) is 1.62. The summed E-state index contributed by atoms with van der Waals surface area (Å²) in [5, 5.41) is 7.79. The van der Waals surface area contributed by atoms with Gasteiger partial charge in [0.2, 0.25) is 0 Å². The number of nitrogens with two attached hydrogens (primary N) is 1. The van der Waals surface area contributed by atoms with E-state index in [4.69, 9.17) is 10.5 Å². The third-order valence-corrected chi connectivity index (χ3v) is 1.83. The van der Waals surface area contributed by atoms with E-state index in [1.807, 2.05) is 4.57 Å². The molecule has 0 aliphatic rings. The third-order valence-electron chi connectivity index (χ3n) is 1.83. The summed E-state index contributed by atoms with van der Waals surface area (Å²) < 4.78 is 6.90. The lowest BCUT2D eigenvalue weighted by Gasteiger charge is -2.14. The van der Waals surface area contributed by atoms with E-state index in [1.165, 1.54) is 0 Å². The smallest absolute Gasteiger partial charge is 0.152 e. The number of nitrogens with zero attached hydrogens (tertiary/aromatic N) is 3. The van der Waals surface area contributed by atoms with Gasteiger partial charge in [-0.1, -0.05) is 0 Å². The van der Waals surface area contributed by atoms with Crippen LogP contribution in [0, 0.1) is 0 Å². The largest absolute Gasteiger partial charge is 0.383 e. The van der Waals surface area contributed by atoms with Gasteiger partial charge in [-0.05, 0) is 13.8 Å². The van der Waals surface area contributed by atoms with Crippen LogP contribution in [0.15, 0.2) is 6.33 Å². The molecule has 1 aromatic heterocycles. The fourth-order valence-corrected chi connectivity index (χ4v) is 1.17. The standard InChI is InChI=1S/C8H16N4O/c1-6(2)12-5-10-11-8(12)7(9)4-13-3/h5-7H,4,9H2,1-3H3. The molecule has 5 nitrogen and oxygen atoms in total. The maximum Gasteiger partial charge on any atom is 0.152 e. The summed E-state index contributed by atoms with van der Waals surface area (Å²) in [5.74, 6) is 0.775. The molecule has 1 rings (SSSR count). The summed E-state index contributed by atoms with van der Waals surface area (Å²) in [4.78, 5) is 0. The highest BCUT2D eigenvalue weighted by atomic mass is 16.5. The summed E-state index contributed by atoms with van der Waals surface area (Å²) in [6.07, 6.45) is 1.69. The molecule has 1 heterocycles. The van der Waals surface area contributed by atoms with Crippen molar-refractivity contribution in [2.75, 3.05) is 13.7 Å². The van der Waals surface area contributed by atoms with Crippen LogP contribution in [-0.4, -0.2) is 28.5 Å². The zero-order chi connectivity index (χ0) is 9.84. The maximum absolute atomic E-state index is 5.84. The Morgan fingerprint density at radius 1 is 1.62 bits per heavy atom. The van der Waals surface area contributed by atoms with Gasteiger partial charge in [-0.3, -0.25) is 0 Å². The van der Waals surface area contributed by atoms with E-state index in [-0.39, 0.29) is 6.04 Å². The Morgan fingerprint density at radius 2 is 2.31 bits per heavy atom. The van der Waals surface area contributed by atoms with Crippen LogP contribution >= 0.6 is 0 Å². The maximum atomic E-state index is 5.84. The Labute approximate surface area is 77.9 Å². The number of ether oxygens (including phenoxy) is 1. The molecule has 0 aromatic carbocycles. The Kier molecular flexibility index (Phi) is 3.39. The molecule has 74 valence electrons. The van der Waals surface area contributed by atoms with E-state index < -0.39 is 0 Å². The molecule has 0 spiro atoms. The zero-order valence-corrected chi connectivity index (χ0v) is 8.27. The Bertz CT molecular complexity index is 258. The van der Waals surface area contributed by atoms with Gasteiger partial charge < -0.3 is 15.0 Å². The SMILES string of the molecule is COCC(N)c1nncn1C(C)C. The number of hydrogen-bond donors (Lipinski definition) is 1. The van der Waals surface area contributed by atoms with Crippen molar-refractivity contribution in [3.8, 4) is 0 Å². The summed E-state index contributed by atoms with van der Waals surface area (Å²) in [6.45, 7) is 4.59. The van der Waals surface area contributed by atoms with Crippen molar-refractivity contribution in [3.63, 3.8) is 0 Å². The second-order valence-electron chi connectivity index (χ2n) is 3.25. The van der Waals surface area contributed by atoms with Crippen molar-refractivity contribution in [2.24, 2.45) is 5.73 Å². The molecule has 1 atom stereocenters. The van der Waals surface area contributed by atoms with Crippen LogP contribution in [0.25, 0.3) is 0 Å². The lowest BCUT2D eigenvalue weighted by Crippen LogP contribution is -2.21. The van der Waals surface area contributed by atoms with Gasteiger partial charge in [0.05, 0.1) is 12.6 Å². The number of aromatic nitrogens is 3. The highest BCUT2D eigenvalue weighted by Crippen LogP contribution is 2.12. The monoisotopic (exact) mass is 184 g/mol. The second kappa shape index (κ2) is 4.34. The molecule has 0 saturated heterocycles. The molecule has 2 N–H and O–H groups in total. The van der Waals surface area contributed by atoms with Crippen LogP contribution in [0.5, 0.6) is 0 Å². The van der Waals surface area contributed by atoms with Gasteiger partial charge in [0.1, 0.15) is 6.33 Å². The van der Waals surface area contributed by atoms with Crippen molar-refractivity contribution in [1.82, 2.24) is 14.8 Å². The first-order valence-corrected chi connectivity index (χ1v) is 4.30. The molecule has 0 radical (unpaired) electrons. The number of rotatable bonds is 4. The Balaban J connectivity index is 2.80. The molecule has 0 aliphatic heterocycles. The lowest BCUT2D eigenvalue weighted by atomic mass is 10.3. The van der Waals surface area contributed by atoms with Crippen molar-refractivity contribution >= 4 is 0 Å². The van der Waals surface area contributed by atoms with Crippen LogP contribution in [0.4, 0.5) is 0 Å². The van der Waals surface area contributed by atoms with Gasteiger partial charge in [-0.15, -0.1) is 10.2 Å². The first-order chi connectivity index (χ1) is 6.16. The normalized spacial score (nSPS) is 13.6. The van der Waals surface area contributed by atoms with Crippen molar-refractivity contribution in [1.29, 1.82) is 0 Å². The molecule has 0 saturated carbocycles. The van der Waals surface area contributed by atoms with Crippen LogP contribution in [0.3, 0.4) is 0 Å². The van der Waals surface area contributed by atoms with Gasteiger partial charge in [0.25, 0.3) is 0 Å². The van der Waals surface area contributed by atoms with Crippen LogP contribution in [0.1, 0.15) is 31.8 Å². The van der Waals surface area contributed by atoms with Crippen LogP contribution in [0.2, 0.25) is 0 Å². The van der Waals surface area contributed by atoms with Crippen molar-refractivity contribution in [2.45, 2.75) is 25.9 Å². The van der Waals surface area contributed by atoms with Crippen LogP contribution in [-0.2, 0) is 4.74 Å². The summed E-state index contributed by atoms with van der Waals surface area (Å²) in [6, 6.07) is 0.128. The fourth-order valence-electron chi connectivity index (χ4n) is 1.17. The number of hydrogen-bond acceptors (Lipinski definition) is 4. The zero-order valence-electron chi connectivity index (χ0n) is 8.27.